The van der Waals surface area contributed by atoms with E-state index >= 15 is 0 Å². The van der Waals surface area contributed by atoms with Gasteiger partial charge in [-0.1, -0.05) is 55.4 Å². The molecule has 0 aliphatic carbocycles. The van der Waals surface area contributed by atoms with Crippen LogP contribution in [0.15, 0.2) is 0 Å². The zero-order chi connectivity index (χ0) is 16.3. The average molecular weight is 276 g/mol. The largest absolute Gasteiger partial charge is 0.257 e. The summed E-state index contributed by atoms with van der Waals surface area (Å²) in [6, 6.07) is 2.35. The van der Waals surface area contributed by atoms with E-state index in [2.05, 4.69) is 38.7 Å². The van der Waals surface area contributed by atoms with Crippen LogP contribution in [0.25, 0.3) is 0 Å². The van der Waals surface area contributed by atoms with Crippen molar-refractivity contribution in [2.45, 2.75) is 81.1 Å². The van der Waals surface area contributed by atoms with Gasteiger partial charge in [0.2, 0.25) is 0 Å². The van der Waals surface area contributed by atoms with Gasteiger partial charge in [-0.3, -0.25) is 4.98 Å². The quantitative estimate of drug-likeness (QED) is 0.724. The summed E-state index contributed by atoms with van der Waals surface area (Å²) >= 11 is 0. The van der Waals surface area contributed by atoms with Crippen molar-refractivity contribution in [3.05, 3.63) is 28.1 Å². The number of hydrogen-bond acceptors (Lipinski definition) is 2. The van der Waals surface area contributed by atoms with Crippen LogP contribution >= 0.6 is 0 Å². The summed E-state index contributed by atoms with van der Waals surface area (Å²) < 4.78 is 0. The second kappa shape index (κ2) is 11.5. The highest BCUT2D eigenvalue weighted by Crippen LogP contribution is 2.27. The molecule has 1 aromatic heterocycles. The topological polar surface area (TPSA) is 36.7 Å². The minimum atomic E-state index is 0.363. The zero-order valence-corrected chi connectivity index (χ0v) is 14.9. The first-order valence-corrected chi connectivity index (χ1v) is 7.99. The van der Waals surface area contributed by atoms with Crippen molar-refractivity contribution in [2.75, 3.05) is 0 Å². The van der Waals surface area contributed by atoms with Gasteiger partial charge in [-0.15, -0.1) is 0 Å². The smallest absolute Gasteiger partial charge is 0.0998 e. The van der Waals surface area contributed by atoms with E-state index in [0.29, 0.717) is 5.92 Å². The van der Waals surface area contributed by atoms with Crippen molar-refractivity contribution in [3.63, 3.8) is 0 Å². The molecule has 0 saturated heterocycles. The number of aromatic nitrogens is 1. The van der Waals surface area contributed by atoms with Gasteiger partial charge >= 0.3 is 0 Å². The molecule has 0 radical (unpaired) electrons. The fourth-order valence-electron chi connectivity index (χ4n) is 2.18. The van der Waals surface area contributed by atoms with E-state index in [4.69, 9.17) is 0 Å². The molecule has 20 heavy (non-hydrogen) atoms. The van der Waals surface area contributed by atoms with Gasteiger partial charge in [-0.2, -0.15) is 5.26 Å². The van der Waals surface area contributed by atoms with Crippen LogP contribution in [0.2, 0.25) is 0 Å². The summed E-state index contributed by atoms with van der Waals surface area (Å²) in [5.41, 5.74) is 5.20. The normalized spacial score (nSPS) is 9.05. The first-order valence-electron chi connectivity index (χ1n) is 7.99. The Morgan fingerprint density at radius 1 is 1.00 bits per heavy atom. The molecule has 0 amide bonds. The summed E-state index contributed by atoms with van der Waals surface area (Å²) in [6.07, 6.45) is 1.79. The molecule has 0 bridgehead atoms. The van der Waals surface area contributed by atoms with Crippen LogP contribution in [-0.4, -0.2) is 4.98 Å². The van der Waals surface area contributed by atoms with Gasteiger partial charge in [-0.25, -0.2) is 0 Å². The fraction of sp³-hybridized carbons (Fsp3) is 0.667. The predicted octanol–water partition coefficient (Wildman–Crippen LogP) is 5.56. The van der Waals surface area contributed by atoms with Gasteiger partial charge in [-0.05, 0) is 36.8 Å². The van der Waals surface area contributed by atoms with Crippen LogP contribution in [0.1, 0.15) is 89.4 Å². The summed E-state index contributed by atoms with van der Waals surface area (Å²) in [5.74, 6) is 0.363. The Hall–Kier alpha value is -1.36. The Labute approximate surface area is 126 Å². The molecule has 1 rings (SSSR count). The highest BCUT2D eigenvalue weighted by Gasteiger charge is 2.17. The fourth-order valence-corrected chi connectivity index (χ4v) is 2.18. The third kappa shape index (κ3) is 4.96. The van der Waals surface area contributed by atoms with E-state index in [1.807, 2.05) is 34.6 Å². The second-order valence-electron chi connectivity index (χ2n) is 4.39. The second-order valence-corrected chi connectivity index (χ2v) is 4.39. The van der Waals surface area contributed by atoms with E-state index < -0.39 is 0 Å². The highest BCUT2D eigenvalue weighted by atomic mass is 14.7. The molecule has 0 aliphatic rings. The predicted molar refractivity (Wildman–Crippen MR) is 89.2 cm³/mol. The van der Waals surface area contributed by atoms with Gasteiger partial charge in [0.25, 0.3) is 0 Å². The molecule has 2 nitrogen and oxygen atoms in total. The number of rotatable bonds is 3. The molecule has 0 unspecified atom stereocenters. The molecule has 0 fully saturated rings. The van der Waals surface area contributed by atoms with Crippen LogP contribution in [0.5, 0.6) is 0 Å². The van der Waals surface area contributed by atoms with Gasteiger partial charge in [0, 0.05) is 11.4 Å². The minimum absolute atomic E-state index is 0.363. The maximum atomic E-state index is 9.31. The molecule has 0 aromatic carbocycles. The van der Waals surface area contributed by atoms with Crippen LogP contribution in [0.3, 0.4) is 0 Å². The SMILES string of the molecule is CC.CC.CCc1nc(CC)c(C(C)C)c(C#N)c1C. The van der Waals surface area contributed by atoms with E-state index in [1.165, 1.54) is 0 Å². The molecule has 2 heteroatoms. The average Bonchev–Trinajstić information content (AvgIpc) is 2.50. The lowest BCUT2D eigenvalue weighted by Crippen LogP contribution is -2.08. The van der Waals surface area contributed by atoms with E-state index in [9.17, 15) is 5.26 Å². The van der Waals surface area contributed by atoms with Crippen molar-refractivity contribution in [2.24, 2.45) is 0 Å². The van der Waals surface area contributed by atoms with E-state index in [-0.39, 0.29) is 0 Å². The zero-order valence-electron chi connectivity index (χ0n) is 14.9. The summed E-state index contributed by atoms with van der Waals surface area (Å²) in [7, 11) is 0. The van der Waals surface area contributed by atoms with Crippen LogP contribution in [-0.2, 0) is 12.8 Å². The van der Waals surface area contributed by atoms with Crippen LogP contribution in [0, 0.1) is 18.3 Å². The summed E-state index contributed by atoms with van der Waals surface area (Å²) in [6.45, 7) is 18.5. The number of nitriles is 1. The number of aryl methyl sites for hydroxylation is 2. The number of pyridine rings is 1. The molecule has 0 spiro atoms. The molecule has 0 atom stereocenters. The van der Waals surface area contributed by atoms with Gasteiger partial charge in [0.05, 0.1) is 11.6 Å². The molecular formula is C18H32N2. The van der Waals surface area contributed by atoms with E-state index in [0.717, 1.165) is 40.9 Å². The van der Waals surface area contributed by atoms with Crippen molar-refractivity contribution >= 4 is 0 Å². The van der Waals surface area contributed by atoms with Crippen molar-refractivity contribution < 1.29 is 0 Å². The Morgan fingerprint density at radius 3 is 1.75 bits per heavy atom. The van der Waals surface area contributed by atoms with Crippen molar-refractivity contribution in [3.8, 4) is 6.07 Å². The maximum Gasteiger partial charge on any atom is 0.0998 e. The number of hydrogen-bond donors (Lipinski definition) is 0. The molecule has 1 heterocycles. The van der Waals surface area contributed by atoms with Crippen molar-refractivity contribution in [1.29, 1.82) is 5.26 Å². The Morgan fingerprint density at radius 2 is 1.45 bits per heavy atom. The minimum Gasteiger partial charge on any atom is -0.257 e. The Balaban J connectivity index is 0. The number of nitrogens with zero attached hydrogens (tertiary/aromatic N) is 2. The van der Waals surface area contributed by atoms with Crippen molar-refractivity contribution in [1.82, 2.24) is 4.98 Å². The third-order valence-corrected chi connectivity index (χ3v) is 3.02. The first-order chi connectivity index (χ1) is 9.56. The highest BCUT2D eigenvalue weighted by molar-refractivity contribution is 5.49. The standard InChI is InChI=1S/C14H20N2.2C2H6/c1-6-12-10(5)11(8-15)14(9(3)4)13(7-2)16-12;2*1-2/h9H,6-7H2,1-5H3;2*1-2H3. The van der Waals surface area contributed by atoms with Crippen LogP contribution < -0.4 is 0 Å². The molecule has 0 aliphatic heterocycles. The summed E-state index contributed by atoms with van der Waals surface area (Å²) in [4.78, 5) is 4.69. The van der Waals surface area contributed by atoms with E-state index in [1.54, 1.807) is 0 Å². The lowest BCUT2D eigenvalue weighted by Gasteiger charge is -2.17. The molecule has 1 aromatic rings. The Kier molecular flexibility index (Phi) is 12.0. The Bertz CT molecular complexity index is 426. The molecular weight excluding hydrogens is 244 g/mol. The molecule has 0 saturated carbocycles. The van der Waals surface area contributed by atoms with Gasteiger partial charge in [0.15, 0.2) is 0 Å². The monoisotopic (exact) mass is 276 g/mol. The molecule has 0 N–H and O–H groups in total. The summed E-state index contributed by atoms with van der Waals surface area (Å²) in [5, 5.41) is 9.31. The third-order valence-electron chi connectivity index (χ3n) is 3.02. The lowest BCUT2D eigenvalue weighted by molar-refractivity contribution is 0.802. The maximum absolute atomic E-state index is 9.31. The van der Waals surface area contributed by atoms with Gasteiger partial charge in [0.1, 0.15) is 0 Å². The molecule has 114 valence electrons. The lowest BCUT2D eigenvalue weighted by atomic mass is 9.91. The van der Waals surface area contributed by atoms with Gasteiger partial charge < -0.3 is 0 Å². The van der Waals surface area contributed by atoms with Crippen LogP contribution in [0.4, 0.5) is 0 Å². The first kappa shape index (κ1) is 20.9.